The maximum Gasteiger partial charge on any atom is 0.326 e. The average Bonchev–Trinajstić information content (AvgIpc) is 2.92. The highest BCUT2D eigenvalue weighted by molar-refractivity contribution is 8.00. The number of likely N-dealkylation sites (N-methyl/N-ethyl adjacent to an activating group) is 1. The van der Waals surface area contributed by atoms with Crippen LogP contribution in [0.3, 0.4) is 0 Å². The Kier molecular flexibility index (Phi) is 5.53. The number of thioether (sulfide) groups is 1. The van der Waals surface area contributed by atoms with E-state index < -0.39 is 5.54 Å². The quantitative estimate of drug-likeness (QED) is 0.819. The topological polar surface area (TPSA) is 47.6 Å². The number of nitrogens with one attached hydrogen (secondary N) is 1. The smallest absolute Gasteiger partial charge is 0.326 e. The van der Waals surface area contributed by atoms with Crippen LogP contribution < -0.4 is 10.1 Å². The fraction of sp³-hybridized carbons (Fsp3) is 0.562. The van der Waals surface area contributed by atoms with Gasteiger partial charge in [0, 0.05) is 10.1 Å². The normalized spacial score (nSPS) is 24.8. The fourth-order valence-corrected chi connectivity index (χ4v) is 4.08. The van der Waals surface area contributed by atoms with Crippen molar-refractivity contribution in [2.24, 2.45) is 0 Å². The van der Waals surface area contributed by atoms with Crippen LogP contribution in [0.2, 0.25) is 0 Å². The Balaban J connectivity index is 2.02. The summed E-state index contributed by atoms with van der Waals surface area (Å²) in [5.41, 5.74) is -0.521. The number of ether oxygens (including phenoxy) is 2. The van der Waals surface area contributed by atoms with E-state index in [1.165, 1.54) is 4.90 Å². The Labute approximate surface area is 130 Å². The van der Waals surface area contributed by atoms with Crippen molar-refractivity contribution >= 4 is 17.7 Å². The third-order valence-corrected chi connectivity index (χ3v) is 5.22. The molecule has 0 spiro atoms. The van der Waals surface area contributed by atoms with Gasteiger partial charge in [0.25, 0.3) is 0 Å². The molecule has 0 radical (unpaired) electrons. The van der Waals surface area contributed by atoms with Crippen molar-refractivity contribution in [3.8, 4) is 5.75 Å². The standard InChI is InChI=1S/C16H23NO3S/c1-4-20-15(18)16(17-2)9-8-14(11-16)21-13-7-5-6-12(10-13)19-3/h5-7,10,14,17H,4,8-9,11H2,1-3H3. The molecule has 0 amide bonds. The Morgan fingerprint density at radius 1 is 1.52 bits per heavy atom. The van der Waals surface area contributed by atoms with Gasteiger partial charge in [0.05, 0.1) is 13.7 Å². The third-order valence-electron chi connectivity index (χ3n) is 3.96. The van der Waals surface area contributed by atoms with Crippen LogP contribution in [0, 0.1) is 0 Å². The molecule has 0 aromatic heterocycles. The zero-order valence-corrected chi connectivity index (χ0v) is 13.7. The first-order valence-corrected chi connectivity index (χ1v) is 8.18. The molecule has 0 bridgehead atoms. The number of carbonyl (C=O) groups excluding carboxylic acids is 1. The lowest BCUT2D eigenvalue weighted by Crippen LogP contribution is -2.49. The van der Waals surface area contributed by atoms with Gasteiger partial charge in [0.2, 0.25) is 0 Å². The minimum atomic E-state index is -0.521. The van der Waals surface area contributed by atoms with E-state index in [1.54, 1.807) is 18.9 Å². The van der Waals surface area contributed by atoms with Crippen LogP contribution in [-0.4, -0.2) is 37.5 Å². The van der Waals surface area contributed by atoms with Gasteiger partial charge >= 0.3 is 5.97 Å². The molecule has 4 nitrogen and oxygen atoms in total. The predicted octanol–water partition coefficient (Wildman–Crippen LogP) is 2.86. The van der Waals surface area contributed by atoms with Gasteiger partial charge in [-0.2, -0.15) is 0 Å². The molecule has 2 unspecified atom stereocenters. The molecule has 1 aliphatic carbocycles. The summed E-state index contributed by atoms with van der Waals surface area (Å²) in [6.07, 6.45) is 2.62. The summed E-state index contributed by atoms with van der Waals surface area (Å²) in [5, 5.41) is 3.60. The second-order valence-corrected chi connectivity index (χ2v) is 6.59. The molecular weight excluding hydrogens is 286 g/mol. The van der Waals surface area contributed by atoms with Crippen molar-refractivity contribution < 1.29 is 14.3 Å². The molecular formula is C16H23NO3S. The Bertz CT molecular complexity index is 494. The van der Waals surface area contributed by atoms with E-state index in [0.29, 0.717) is 11.9 Å². The van der Waals surface area contributed by atoms with Crippen LogP contribution >= 0.6 is 11.8 Å². The zero-order chi connectivity index (χ0) is 15.3. The molecule has 0 saturated heterocycles. The predicted molar refractivity (Wildman–Crippen MR) is 84.9 cm³/mol. The number of methoxy groups -OCH3 is 1. The molecule has 1 saturated carbocycles. The lowest BCUT2D eigenvalue weighted by Gasteiger charge is -2.26. The Morgan fingerprint density at radius 2 is 2.33 bits per heavy atom. The van der Waals surface area contributed by atoms with Gasteiger partial charge in [0.1, 0.15) is 11.3 Å². The van der Waals surface area contributed by atoms with E-state index in [2.05, 4.69) is 11.4 Å². The average molecular weight is 309 g/mol. The molecule has 0 heterocycles. The first-order chi connectivity index (χ1) is 10.1. The number of carbonyl (C=O) groups is 1. The first kappa shape index (κ1) is 16.2. The van der Waals surface area contributed by atoms with Gasteiger partial charge in [-0.1, -0.05) is 6.07 Å². The van der Waals surface area contributed by atoms with Crippen molar-refractivity contribution in [3.05, 3.63) is 24.3 Å². The van der Waals surface area contributed by atoms with Crippen molar-refractivity contribution in [2.75, 3.05) is 20.8 Å². The second kappa shape index (κ2) is 7.18. The van der Waals surface area contributed by atoms with Crippen molar-refractivity contribution in [2.45, 2.75) is 41.9 Å². The summed E-state index contributed by atoms with van der Waals surface area (Å²) < 4.78 is 10.5. The van der Waals surface area contributed by atoms with Crippen molar-refractivity contribution in [3.63, 3.8) is 0 Å². The van der Waals surface area contributed by atoms with Crippen LogP contribution in [0.4, 0.5) is 0 Å². The highest BCUT2D eigenvalue weighted by Crippen LogP contribution is 2.41. The van der Waals surface area contributed by atoms with Gasteiger partial charge in [-0.25, -0.2) is 0 Å². The number of benzene rings is 1. The van der Waals surface area contributed by atoms with Crippen molar-refractivity contribution in [1.82, 2.24) is 5.32 Å². The van der Waals surface area contributed by atoms with E-state index in [4.69, 9.17) is 9.47 Å². The lowest BCUT2D eigenvalue weighted by atomic mass is 9.98. The Morgan fingerprint density at radius 3 is 3.00 bits per heavy atom. The van der Waals surface area contributed by atoms with Gasteiger partial charge < -0.3 is 14.8 Å². The van der Waals surface area contributed by atoms with E-state index in [-0.39, 0.29) is 5.97 Å². The molecule has 1 aromatic carbocycles. The molecule has 116 valence electrons. The van der Waals surface area contributed by atoms with E-state index in [0.717, 1.165) is 25.0 Å². The van der Waals surface area contributed by atoms with E-state index >= 15 is 0 Å². The minimum Gasteiger partial charge on any atom is -0.497 e. The van der Waals surface area contributed by atoms with Gasteiger partial charge in [0.15, 0.2) is 0 Å². The van der Waals surface area contributed by atoms with Crippen molar-refractivity contribution in [1.29, 1.82) is 0 Å². The van der Waals surface area contributed by atoms with Gasteiger partial charge in [-0.05, 0) is 51.4 Å². The van der Waals surface area contributed by atoms with Crippen LogP contribution in [0.15, 0.2) is 29.2 Å². The summed E-state index contributed by atoms with van der Waals surface area (Å²) in [4.78, 5) is 13.4. The van der Waals surface area contributed by atoms with Gasteiger partial charge in [-0.15, -0.1) is 11.8 Å². The highest BCUT2D eigenvalue weighted by atomic mass is 32.2. The van der Waals surface area contributed by atoms with Crippen LogP contribution in [0.5, 0.6) is 5.75 Å². The zero-order valence-electron chi connectivity index (χ0n) is 12.8. The lowest BCUT2D eigenvalue weighted by molar-refractivity contribution is -0.150. The number of rotatable bonds is 6. The number of hydrogen-bond acceptors (Lipinski definition) is 5. The number of esters is 1. The molecule has 1 aromatic rings. The monoisotopic (exact) mass is 309 g/mol. The number of hydrogen-bond donors (Lipinski definition) is 1. The molecule has 1 aliphatic rings. The summed E-state index contributed by atoms with van der Waals surface area (Å²) in [6.45, 7) is 2.27. The molecule has 0 aliphatic heterocycles. The van der Waals surface area contributed by atoms with Gasteiger partial charge in [-0.3, -0.25) is 4.79 Å². The third kappa shape index (κ3) is 3.71. The molecule has 1 fully saturated rings. The van der Waals surface area contributed by atoms with Crippen LogP contribution in [0.25, 0.3) is 0 Å². The summed E-state index contributed by atoms with van der Waals surface area (Å²) >= 11 is 1.81. The first-order valence-electron chi connectivity index (χ1n) is 7.30. The second-order valence-electron chi connectivity index (χ2n) is 5.21. The van der Waals surface area contributed by atoms with Crippen LogP contribution in [-0.2, 0) is 9.53 Å². The molecule has 21 heavy (non-hydrogen) atoms. The molecule has 1 N–H and O–H groups in total. The highest BCUT2D eigenvalue weighted by Gasteiger charge is 2.45. The Hall–Kier alpha value is -1.20. The molecule has 5 heteroatoms. The minimum absolute atomic E-state index is 0.124. The van der Waals surface area contributed by atoms with E-state index in [1.807, 2.05) is 32.2 Å². The summed E-state index contributed by atoms with van der Waals surface area (Å²) in [6, 6.07) is 8.05. The summed E-state index contributed by atoms with van der Waals surface area (Å²) in [5.74, 6) is 0.740. The largest absolute Gasteiger partial charge is 0.497 e. The fourth-order valence-electron chi connectivity index (χ4n) is 2.75. The molecule has 2 rings (SSSR count). The maximum absolute atomic E-state index is 12.2. The summed E-state index contributed by atoms with van der Waals surface area (Å²) in [7, 11) is 3.52. The van der Waals surface area contributed by atoms with Crippen LogP contribution in [0.1, 0.15) is 26.2 Å². The SMILES string of the molecule is CCOC(=O)C1(NC)CCC(Sc2cccc(OC)c2)C1. The maximum atomic E-state index is 12.2. The molecule has 2 atom stereocenters. The van der Waals surface area contributed by atoms with E-state index in [9.17, 15) is 4.79 Å².